The Hall–Kier alpha value is -9.81. The molecular formula is C67H108N18O17S. The monoisotopic (exact) mass is 1470 g/mol. The molecule has 574 valence electrons. The molecule has 10 atom stereocenters. The predicted molar refractivity (Wildman–Crippen MR) is 383 cm³/mol. The molecular weight excluding hydrogens is 1360 g/mol. The highest BCUT2D eigenvalue weighted by atomic mass is 32.2. The van der Waals surface area contributed by atoms with Gasteiger partial charge in [0.25, 0.3) is 0 Å². The summed E-state index contributed by atoms with van der Waals surface area (Å²) in [6, 6.07) is 3.62. The fourth-order valence-electron chi connectivity index (χ4n) is 11.4. The summed E-state index contributed by atoms with van der Waals surface area (Å²) in [7, 11) is -2.28. The van der Waals surface area contributed by atoms with Crippen LogP contribution >= 0.6 is 0 Å². The van der Waals surface area contributed by atoms with Gasteiger partial charge in [0.1, 0.15) is 64.2 Å². The second-order valence-electron chi connectivity index (χ2n) is 26.0. The number of nitrogens with two attached hydrogens (primary N) is 7. The first-order chi connectivity index (χ1) is 48.0. The number of sulfone groups is 1. The summed E-state index contributed by atoms with van der Waals surface area (Å²) in [6.45, 7) is 8.32. The highest BCUT2D eigenvalue weighted by molar-refractivity contribution is 7.90. The Morgan fingerprint density at radius 2 is 1.05 bits per heavy atom. The summed E-state index contributed by atoms with van der Waals surface area (Å²) in [5.74, 6) is -11.3. The van der Waals surface area contributed by atoms with Crippen LogP contribution in [0.4, 0.5) is 0 Å². The van der Waals surface area contributed by atoms with Gasteiger partial charge in [0, 0.05) is 58.6 Å². The van der Waals surface area contributed by atoms with Crippen LogP contribution in [0.2, 0.25) is 0 Å². The number of nitrogens with zero attached hydrogens (tertiary/aromatic N) is 4. The molecule has 2 fully saturated rings. The van der Waals surface area contributed by atoms with Crippen molar-refractivity contribution in [3.05, 3.63) is 84.1 Å². The van der Waals surface area contributed by atoms with Crippen LogP contribution < -0.4 is 77.4 Å². The molecule has 0 radical (unpaired) electrons. The molecule has 0 unspecified atom stereocenters. The summed E-state index contributed by atoms with van der Waals surface area (Å²) in [5.41, 5.74) is 40.5. The minimum absolute atomic E-state index is 0. The molecule has 36 heteroatoms. The van der Waals surface area contributed by atoms with E-state index in [0.717, 1.165) is 11.2 Å². The zero-order valence-corrected chi connectivity index (χ0v) is 60.2. The first-order valence-electron chi connectivity index (χ1n) is 34.0. The van der Waals surface area contributed by atoms with Crippen LogP contribution in [0, 0.1) is 5.92 Å². The molecule has 24 N–H and O–H groups in total. The topological polar surface area (TPSA) is 596 Å². The van der Waals surface area contributed by atoms with E-state index in [4.69, 9.17) is 45.2 Å². The number of likely N-dealkylation sites (tertiary alicyclic amines) is 2. The molecule has 103 heavy (non-hydrogen) atoms. The normalized spacial score (nSPS) is 16.3. The molecule has 0 saturated carbocycles. The lowest BCUT2D eigenvalue weighted by molar-refractivity contribution is -0.144. The quantitative estimate of drug-likeness (QED) is 0.0129. The Balaban J connectivity index is 0.00000701. The first kappa shape index (κ1) is 89.3. The summed E-state index contributed by atoms with van der Waals surface area (Å²) in [6.07, 6.45) is 1.32. The third-order valence-corrected chi connectivity index (χ3v) is 17.5. The van der Waals surface area contributed by atoms with E-state index in [-0.39, 0.29) is 94.2 Å². The number of benzene rings is 2. The van der Waals surface area contributed by atoms with Crippen LogP contribution in [-0.4, -0.2) is 229 Å². The van der Waals surface area contributed by atoms with E-state index in [2.05, 4.69) is 48.8 Å². The van der Waals surface area contributed by atoms with Crippen LogP contribution in [0.15, 0.2) is 78.0 Å². The Morgan fingerprint density at radius 1 is 0.602 bits per heavy atom. The van der Waals surface area contributed by atoms with Crippen LogP contribution in [0.3, 0.4) is 0 Å². The molecule has 13 amide bonds. The number of carbonyl (C=O) groups is 13. The number of aliphatic hydroxyl groups excluding tert-OH is 1. The zero-order valence-electron chi connectivity index (χ0n) is 59.4. The lowest BCUT2D eigenvalue weighted by atomic mass is 10.0. The first-order valence-corrected chi connectivity index (χ1v) is 36.0. The molecule has 2 saturated heterocycles. The molecule has 2 aliphatic rings. The maximum Gasteiger partial charge on any atom is 0.245 e. The average Bonchev–Trinajstić information content (AvgIpc) is 1.76. The van der Waals surface area contributed by atoms with Crippen molar-refractivity contribution in [2.24, 2.45) is 51.0 Å². The number of nitrogens with one attached hydrogen (secondary N) is 7. The van der Waals surface area contributed by atoms with E-state index in [0.29, 0.717) is 49.7 Å². The van der Waals surface area contributed by atoms with Crippen molar-refractivity contribution >= 4 is 92.6 Å². The third-order valence-electron chi connectivity index (χ3n) is 16.5. The van der Waals surface area contributed by atoms with Crippen molar-refractivity contribution < 1.29 is 81.3 Å². The SMILES string of the molecule is C=C(C)O.CC(C)C[C@H](NC(=O)CN(C)C(=O)[C@H](Cc1ccccc1)NC(=O)[C@H](Cc1ccccc1)NC(=O)[C@H](CCC(N)=O)NC(=O)[C@H](CCC(N)=O)NC(=O)[C@@H]1CCCN1C(=O)[C@H](CCCCN)NC(=O)[C@@H]1CCCN1C(=O)[C@@H](N)CCCN=C(N)N)C(=O)N[C@@H](CCS(C)(=O)=O)C(N)=O.O. The van der Waals surface area contributed by atoms with Gasteiger partial charge in [-0.25, -0.2) is 8.42 Å². The number of guanidine groups is 1. The highest BCUT2D eigenvalue weighted by Gasteiger charge is 2.43. The smallest absolute Gasteiger partial charge is 0.245 e. The number of rotatable bonds is 42. The summed E-state index contributed by atoms with van der Waals surface area (Å²) in [5, 5.41) is 26.2. The number of likely N-dealkylation sites (N-methyl/N-ethyl adjacent to an activating group) is 1. The summed E-state index contributed by atoms with van der Waals surface area (Å²) >= 11 is 0. The van der Waals surface area contributed by atoms with Crippen LogP contribution in [0.25, 0.3) is 0 Å². The maximum absolute atomic E-state index is 14.8. The number of aliphatic imine (C=N–C) groups is 1. The number of allylic oxidation sites excluding steroid dienone is 1. The molecule has 0 aliphatic carbocycles. The highest BCUT2D eigenvalue weighted by Crippen LogP contribution is 2.24. The maximum atomic E-state index is 14.8. The minimum Gasteiger partial charge on any atom is -0.513 e. The van der Waals surface area contributed by atoms with Gasteiger partial charge in [-0.2, -0.15) is 0 Å². The molecule has 2 aliphatic heterocycles. The summed E-state index contributed by atoms with van der Waals surface area (Å²) < 4.78 is 23.7. The third kappa shape index (κ3) is 33.2. The van der Waals surface area contributed by atoms with E-state index in [1.807, 2.05) is 0 Å². The number of primary amides is 3. The fraction of sp³-hybridized carbons (Fsp3) is 0.582. The average molecular weight is 1470 g/mol. The van der Waals surface area contributed by atoms with Crippen molar-refractivity contribution in [1.82, 2.24) is 51.9 Å². The standard InChI is InChI=1S/C64H100N18O15S.C3H6O.H2O/c1-38(2)34-46(57(89)74-42(54(69)86)28-33-98(4,96)97)73-53(85)37-80(3)62(94)48(36-40-18-9-6-10-19-40)79-58(90)47(35-39-16-7-5-8-17-39)78-56(88)43(24-26-51(67)83)75-55(87)44(25-27-52(68)84)76-59(91)50-23-15-32-82(50)63(95)45(21-11-12-29-65)77-60(92)49-22-14-31-81(49)61(93)41(66)20-13-30-72-64(70)71;1-3(2)4;/h5-10,16-19,38,41-50H,11-15,20-37,65-66H2,1-4H3,(H2,67,83)(H2,68,84)(H2,69,86)(H,73,85)(H,74,89)(H,75,87)(H,76,91)(H,77,92)(H,78,88)(H,79,90)(H4,70,71,72);4H,1H2,2H3;1H2/t41-,42-,43-,44-,45-,46-,47-,48-,49-,50-;;/m0../s1. The fourth-order valence-corrected chi connectivity index (χ4v) is 12.0. The Labute approximate surface area is 600 Å². The van der Waals surface area contributed by atoms with Crippen molar-refractivity contribution in [3.8, 4) is 0 Å². The van der Waals surface area contributed by atoms with Gasteiger partial charge >= 0.3 is 0 Å². The molecule has 0 aromatic heterocycles. The molecule has 2 aromatic carbocycles. The number of hydrogen-bond donors (Lipinski definition) is 15. The van der Waals surface area contributed by atoms with E-state index in [1.165, 1.54) is 23.8 Å². The van der Waals surface area contributed by atoms with E-state index >= 15 is 0 Å². The van der Waals surface area contributed by atoms with Crippen molar-refractivity contribution in [3.63, 3.8) is 0 Å². The van der Waals surface area contributed by atoms with Gasteiger partial charge in [0.2, 0.25) is 76.8 Å². The molecule has 2 heterocycles. The number of amides is 13. The number of hydrogen-bond acceptors (Lipinski definition) is 19. The van der Waals surface area contributed by atoms with Crippen molar-refractivity contribution in [2.45, 2.75) is 190 Å². The zero-order chi connectivity index (χ0) is 76.4. The Bertz CT molecular complexity index is 3340. The van der Waals surface area contributed by atoms with Gasteiger partial charge in [-0.1, -0.05) is 81.1 Å². The number of aliphatic hydroxyl groups is 1. The number of unbranched alkanes of at least 4 members (excludes halogenated alkanes) is 1. The Morgan fingerprint density at radius 3 is 1.52 bits per heavy atom. The van der Waals surface area contributed by atoms with Gasteiger partial charge in [0.15, 0.2) is 5.96 Å². The van der Waals surface area contributed by atoms with E-state index < -0.39 is 185 Å². The molecule has 0 bridgehead atoms. The van der Waals surface area contributed by atoms with Gasteiger partial charge in [-0.15, -0.1) is 0 Å². The lowest BCUT2D eigenvalue weighted by Crippen LogP contribution is -2.60. The molecule has 2 aromatic rings. The summed E-state index contributed by atoms with van der Waals surface area (Å²) in [4.78, 5) is 187. The molecule has 4 rings (SSSR count). The molecule has 0 spiro atoms. The second-order valence-corrected chi connectivity index (χ2v) is 28.2. The Kier molecular flexibility index (Phi) is 39.2. The van der Waals surface area contributed by atoms with Crippen LogP contribution in [0.1, 0.15) is 128 Å². The van der Waals surface area contributed by atoms with Gasteiger partial charge in [-0.05, 0) is 114 Å². The lowest BCUT2D eigenvalue weighted by Gasteiger charge is -2.32. The number of carbonyl (C=O) groups excluding carboxylic acids is 13. The van der Waals surface area contributed by atoms with Crippen molar-refractivity contribution in [1.29, 1.82) is 0 Å². The van der Waals surface area contributed by atoms with Gasteiger partial charge in [-0.3, -0.25) is 67.3 Å². The second kappa shape index (κ2) is 45.2. The van der Waals surface area contributed by atoms with Gasteiger partial charge < -0.3 is 103 Å². The predicted octanol–water partition coefficient (Wildman–Crippen LogP) is -4.43. The van der Waals surface area contributed by atoms with E-state index in [9.17, 15) is 70.7 Å². The van der Waals surface area contributed by atoms with Crippen LogP contribution in [-0.2, 0) is 85.0 Å². The minimum atomic E-state index is -3.56. The van der Waals surface area contributed by atoms with Crippen LogP contribution in [0.5, 0.6) is 0 Å². The van der Waals surface area contributed by atoms with Gasteiger partial charge in [0.05, 0.1) is 24.1 Å². The van der Waals surface area contributed by atoms with Crippen molar-refractivity contribution in [2.75, 3.05) is 51.8 Å². The molecule has 35 nitrogen and oxygen atoms in total. The largest absolute Gasteiger partial charge is 0.513 e. The van der Waals surface area contributed by atoms with E-state index in [1.54, 1.807) is 74.5 Å².